The smallest absolute Gasteiger partial charge is 0.330 e. The fourth-order valence-corrected chi connectivity index (χ4v) is 4.84. The van der Waals surface area contributed by atoms with Gasteiger partial charge < -0.3 is 24.1 Å². The van der Waals surface area contributed by atoms with E-state index in [1.807, 2.05) is 20.8 Å². The third-order valence-electron chi connectivity index (χ3n) is 6.81. The summed E-state index contributed by atoms with van der Waals surface area (Å²) in [6.07, 6.45) is 12.0. The number of ether oxygens (including phenoxy) is 4. The predicted octanol–water partition coefficient (Wildman–Crippen LogP) is 4.31. The molecule has 3 rings (SSSR count). The van der Waals surface area contributed by atoms with Gasteiger partial charge in [-0.3, -0.25) is 0 Å². The van der Waals surface area contributed by atoms with Crippen molar-refractivity contribution in [3.63, 3.8) is 0 Å². The summed E-state index contributed by atoms with van der Waals surface area (Å²) in [5.74, 6) is -0.453. The van der Waals surface area contributed by atoms with Gasteiger partial charge in [-0.1, -0.05) is 31.1 Å². The number of hydrogen-bond acceptors (Lipinski definition) is 6. The third kappa shape index (κ3) is 6.41. The van der Waals surface area contributed by atoms with Gasteiger partial charge in [0, 0.05) is 24.8 Å². The molecule has 2 aliphatic heterocycles. The number of rotatable bonds is 8. The molecule has 0 aromatic carbocycles. The standard InChI is InChI=1S/C25H40O6/c1-5-28-22(27)15-17(2)14-21-24-23(30-25(31-24)12-7-6-8-13-25)20(16-29-21)11-9-10-18(3)19(4)26/h9-10,15,18-21,23-24,26H,5-8,11-14,16H2,1-4H3/b10-9-,17-15+/t18-,19+,20?,21+,23-,24+/m1/s1. The lowest BCUT2D eigenvalue weighted by atomic mass is 9.87. The molecule has 2 heterocycles. The average molecular weight is 437 g/mol. The van der Waals surface area contributed by atoms with Crippen molar-refractivity contribution >= 4 is 5.97 Å². The number of aliphatic hydroxyl groups is 1. The number of aliphatic hydroxyl groups excluding tert-OH is 1. The first-order valence-corrected chi connectivity index (χ1v) is 12.0. The van der Waals surface area contributed by atoms with Crippen molar-refractivity contribution in [3.05, 3.63) is 23.8 Å². The highest BCUT2D eigenvalue weighted by Gasteiger charge is 2.54. The van der Waals surface area contributed by atoms with Crippen molar-refractivity contribution in [1.82, 2.24) is 0 Å². The lowest BCUT2D eigenvalue weighted by Crippen LogP contribution is -2.48. The third-order valence-corrected chi connectivity index (χ3v) is 6.81. The van der Waals surface area contributed by atoms with Crippen LogP contribution in [0.5, 0.6) is 0 Å². The molecule has 6 heteroatoms. The summed E-state index contributed by atoms with van der Waals surface area (Å²) in [6, 6.07) is 0. The topological polar surface area (TPSA) is 74.2 Å². The van der Waals surface area contributed by atoms with Gasteiger partial charge >= 0.3 is 5.97 Å². The summed E-state index contributed by atoms with van der Waals surface area (Å²) >= 11 is 0. The minimum absolute atomic E-state index is 0.0150. The van der Waals surface area contributed by atoms with Crippen LogP contribution in [0.1, 0.15) is 72.6 Å². The van der Waals surface area contributed by atoms with Gasteiger partial charge in [-0.2, -0.15) is 0 Å². The summed E-state index contributed by atoms with van der Waals surface area (Å²) in [5, 5.41) is 9.73. The Morgan fingerprint density at radius 1 is 1.19 bits per heavy atom. The van der Waals surface area contributed by atoms with Gasteiger partial charge in [-0.25, -0.2) is 4.79 Å². The summed E-state index contributed by atoms with van der Waals surface area (Å²) < 4.78 is 24.6. The highest BCUT2D eigenvalue weighted by molar-refractivity contribution is 5.82. The van der Waals surface area contributed by atoms with Crippen LogP contribution in [0.25, 0.3) is 0 Å². The normalized spacial score (nSPS) is 32.7. The van der Waals surface area contributed by atoms with Gasteiger partial charge in [0.05, 0.1) is 31.5 Å². The zero-order valence-electron chi connectivity index (χ0n) is 19.5. The molecule has 2 saturated heterocycles. The zero-order chi connectivity index (χ0) is 22.4. The summed E-state index contributed by atoms with van der Waals surface area (Å²) in [7, 11) is 0. The van der Waals surface area contributed by atoms with Crippen LogP contribution >= 0.6 is 0 Å². The van der Waals surface area contributed by atoms with E-state index in [-0.39, 0.29) is 42.2 Å². The van der Waals surface area contributed by atoms with Crippen LogP contribution in [0, 0.1) is 11.8 Å². The second-order valence-corrected chi connectivity index (χ2v) is 9.48. The van der Waals surface area contributed by atoms with Crippen LogP contribution in [0.15, 0.2) is 23.8 Å². The zero-order valence-corrected chi connectivity index (χ0v) is 19.5. The van der Waals surface area contributed by atoms with Crippen LogP contribution in [-0.2, 0) is 23.7 Å². The molecule has 1 unspecified atom stereocenters. The van der Waals surface area contributed by atoms with Crippen LogP contribution in [0.3, 0.4) is 0 Å². The van der Waals surface area contributed by atoms with Gasteiger partial charge in [-0.15, -0.1) is 0 Å². The highest BCUT2D eigenvalue weighted by atomic mass is 16.8. The average Bonchev–Trinajstić information content (AvgIpc) is 3.09. The van der Waals surface area contributed by atoms with Crippen molar-refractivity contribution in [2.75, 3.05) is 13.2 Å². The SMILES string of the molecule is CCOC(=O)/C=C(\C)C[C@@H]1OCC(C/C=C\[C@@H](C)[C@H](C)O)[C@H]2OC3(CCCCC3)O[C@@H]12. The summed E-state index contributed by atoms with van der Waals surface area (Å²) in [6.45, 7) is 8.54. The Kier molecular flexibility index (Phi) is 8.74. The van der Waals surface area contributed by atoms with E-state index in [9.17, 15) is 9.90 Å². The Balaban J connectivity index is 1.70. The molecule has 0 aromatic rings. The highest BCUT2D eigenvalue weighted by Crippen LogP contribution is 2.46. The van der Waals surface area contributed by atoms with Crippen LogP contribution in [0.4, 0.5) is 0 Å². The molecule has 6 nitrogen and oxygen atoms in total. The fourth-order valence-electron chi connectivity index (χ4n) is 4.84. The summed E-state index contributed by atoms with van der Waals surface area (Å²) in [5.41, 5.74) is 0.930. The number of allylic oxidation sites excluding steroid dienone is 1. The Hall–Kier alpha value is -1.21. The van der Waals surface area contributed by atoms with Crippen molar-refractivity contribution in [3.8, 4) is 0 Å². The predicted molar refractivity (Wildman–Crippen MR) is 118 cm³/mol. The van der Waals surface area contributed by atoms with E-state index in [0.29, 0.717) is 19.6 Å². The Morgan fingerprint density at radius 3 is 2.58 bits per heavy atom. The maximum absolute atomic E-state index is 11.8. The molecule has 1 spiro atoms. The molecule has 176 valence electrons. The molecular formula is C25H40O6. The van der Waals surface area contributed by atoms with Crippen molar-refractivity contribution in [1.29, 1.82) is 0 Å². The minimum atomic E-state index is -0.479. The quantitative estimate of drug-likeness (QED) is 0.347. The van der Waals surface area contributed by atoms with Crippen molar-refractivity contribution in [2.45, 2.75) is 103 Å². The largest absolute Gasteiger partial charge is 0.463 e. The van der Waals surface area contributed by atoms with E-state index in [0.717, 1.165) is 37.7 Å². The number of hydrogen-bond donors (Lipinski definition) is 1. The van der Waals surface area contributed by atoms with E-state index < -0.39 is 5.79 Å². The monoisotopic (exact) mass is 436 g/mol. The van der Waals surface area contributed by atoms with E-state index in [2.05, 4.69) is 12.2 Å². The Morgan fingerprint density at radius 2 is 1.90 bits per heavy atom. The van der Waals surface area contributed by atoms with E-state index >= 15 is 0 Å². The maximum atomic E-state index is 11.8. The molecule has 0 bridgehead atoms. The molecule has 0 amide bonds. The first-order valence-electron chi connectivity index (χ1n) is 12.0. The molecule has 0 radical (unpaired) electrons. The molecule has 1 saturated carbocycles. The Bertz CT molecular complexity index is 648. The first-order chi connectivity index (χ1) is 14.8. The number of carbonyl (C=O) groups is 1. The van der Waals surface area contributed by atoms with Gasteiger partial charge in [0.15, 0.2) is 5.79 Å². The number of carbonyl (C=O) groups excluding carboxylic acids is 1. The molecular weight excluding hydrogens is 396 g/mol. The van der Waals surface area contributed by atoms with E-state index in [4.69, 9.17) is 18.9 Å². The molecule has 3 fully saturated rings. The van der Waals surface area contributed by atoms with Crippen molar-refractivity contribution < 1.29 is 28.8 Å². The van der Waals surface area contributed by atoms with Gasteiger partial charge in [0.25, 0.3) is 0 Å². The number of esters is 1. The summed E-state index contributed by atoms with van der Waals surface area (Å²) in [4.78, 5) is 11.8. The van der Waals surface area contributed by atoms with Crippen LogP contribution in [-0.4, -0.2) is 54.5 Å². The second-order valence-electron chi connectivity index (χ2n) is 9.48. The van der Waals surface area contributed by atoms with E-state index in [1.165, 1.54) is 6.42 Å². The van der Waals surface area contributed by atoms with Crippen molar-refractivity contribution in [2.24, 2.45) is 11.8 Å². The molecule has 31 heavy (non-hydrogen) atoms. The van der Waals surface area contributed by atoms with Crippen LogP contribution < -0.4 is 0 Å². The van der Waals surface area contributed by atoms with E-state index in [1.54, 1.807) is 13.0 Å². The second kappa shape index (κ2) is 11.1. The Labute approximate surface area is 187 Å². The molecule has 1 N–H and O–H groups in total. The van der Waals surface area contributed by atoms with Gasteiger partial charge in [0.1, 0.15) is 6.10 Å². The fraction of sp³-hybridized carbons (Fsp3) is 0.800. The van der Waals surface area contributed by atoms with Gasteiger partial charge in [0.2, 0.25) is 0 Å². The molecule has 0 aromatic heterocycles. The minimum Gasteiger partial charge on any atom is -0.463 e. The van der Waals surface area contributed by atoms with Crippen LogP contribution in [0.2, 0.25) is 0 Å². The lowest BCUT2D eigenvalue weighted by Gasteiger charge is -2.37. The molecule has 6 atom stereocenters. The molecule has 1 aliphatic carbocycles. The van der Waals surface area contributed by atoms with Gasteiger partial charge in [-0.05, 0) is 52.4 Å². The maximum Gasteiger partial charge on any atom is 0.330 e. The first kappa shape index (κ1) is 24.4. The molecule has 3 aliphatic rings. The lowest BCUT2D eigenvalue weighted by molar-refractivity contribution is -0.198. The number of fused-ring (bicyclic) bond motifs is 1.